The summed E-state index contributed by atoms with van der Waals surface area (Å²) < 4.78 is 97.1. The van der Waals surface area contributed by atoms with Crippen molar-refractivity contribution in [3.63, 3.8) is 0 Å². The number of anilines is 1. The summed E-state index contributed by atoms with van der Waals surface area (Å²) in [7, 11) is 0. The molecular weight excluding hydrogens is 548 g/mol. The number of hydrogen-bond acceptors (Lipinski definition) is 6. The molecule has 1 saturated heterocycles. The molecule has 0 N–H and O–H groups in total. The number of fused-ring (bicyclic) bond motifs is 1. The predicted octanol–water partition coefficient (Wildman–Crippen LogP) is 4.98. The van der Waals surface area contributed by atoms with Crippen LogP contribution >= 0.6 is 23.2 Å². The van der Waals surface area contributed by atoms with Gasteiger partial charge in [-0.3, -0.25) is 4.79 Å². The number of hydrogen-bond donors (Lipinski definition) is 0. The highest BCUT2D eigenvalue weighted by atomic mass is 35.5. The van der Waals surface area contributed by atoms with Gasteiger partial charge in [0.05, 0.1) is 27.7 Å². The Balaban J connectivity index is 1.94. The maximum absolute atomic E-state index is 13.9. The van der Waals surface area contributed by atoms with E-state index in [0.717, 1.165) is 0 Å². The third-order valence-corrected chi connectivity index (χ3v) is 5.98. The van der Waals surface area contributed by atoms with Gasteiger partial charge in [-0.25, -0.2) is 14.8 Å². The second kappa shape index (κ2) is 10.0. The van der Waals surface area contributed by atoms with E-state index in [-0.39, 0.29) is 63.6 Å². The van der Waals surface area contributed by atoms with E-state index in [2.05, 4.69) is 9.97 Å². The Morgan fingerprint density at radius 2 is 1.53 bits per heavy atom. The third-order valence-electron chi connectivity index (χ3n) is 5.26. The van der Waals surface area contributed by atoms with Gasteiger partial charge >= 0.3 is 24.0 Å². The fourth-order valence-electron chi connectivity index (χ4n) is 3.44. The molecule has 36 heavy (non-hydrogen) atoms. The number of halogens is 9. The van der Waals surface area contributed by atoms with Crippen LogP contribution in [0, 0.1) is 0 Å². The molecule has 1 amide bonds. The zero-order valence-corrected chi connectivity index (χ0v) is 19.8. The van der Waals surface area contributed by atoms with Gasteiger partial charge in [-0.05, 0) is 25.5 Å². The van der Waals surface area contributed by atoms with Crippen molar-refractivity contribution < 1.29 is 45.1 Å². The molecule has 0 aliphatic carbocycles. The van der Waals surface area contributed by atoms with Crippen LogP contribution in [-0.4, -0.2) is 77.6 Å². The van der Waals surface area contributed by atoms with Gasteiger partial charge in [0.25, 0.3) is 5.91 Å². The molecule has 0 spiro atoms. The van der Waals surface area contributed by atoms with Gasteiger partial charge in [0.15, 0.2) is 11.5 Å². The summed E-state index contributed by atoms with van der Waals surface area (Å²) in [4.78, 5) is 34.7. The number of benzene rings is 1. The molecule has 1 fully saturated rings. The molecule has 7 nitrogen and oxygen atoms in total. The van der Waals surface area contributed by atoms with E-state index in [1.165, 1.54) is 24.0 Å². The molecule has 0 bridgehead atoms. The van der Waals surface area contributed by atoms with Gasteiger partial charge in [-0.2, -0.15) is 30.7 Å². The average Bonchev–Trinajstić information content (AvgIpc) is 3.04. The monoisotopic (exact) mass is 564 g/mol. The summed E-state index contributed by atoms with van der Waals surface area (Å²) in [5.74, 6) is -16.2. The van der Waals surface area contributed by atoms with Gasteiger partial charge in [-0.1, -0.05) is 23.2 Å². The van der Waals surface area contributed by atoms with Crippen LogP contribution in [0.4, 0.5) is 36.6 Å². The largest absolute Gasteiger partial charge is 0.461 e. The zero-order chi connectivity index (χ0) is 27.1. The van der Waals surface area contributed by atoms with E-state index < -0.39 is 43.0 Å². The van der Waals surface area contributed by atoms with Crippen LogP contribution in [0.1, 0.15) is 23.8 Å². The van der Waals surface area contributed by atoms with Crippen molar-refractivity contribution >= 4 is 51.9 Å². The summed E-state index contributed by atoms with van der Waals surface area (Å²) >= 11 is 12.0. The number of rotatable bonds is 5. The molecule has 0 radical (unpaired) electrons. The minimum absolute atomic E-state index is 0.0237. The van der Waals surface area contributed by atoms with Gasteiger partial charge < -0.3 is 14.5 Å². The smallest absolute Gasteiger partial charge is 0.460 e. The molecule has 3 rings (SSSR count). The van der Waals surface area contributed by atoms with Crippen molar-refractivity contribution in [2.45, 2.75) is 31.4 Å². The first-order valence-corrected chi connectivity index (χ1v) is 11.1. The normalized spacial score (nSPS) is 15.7. The van der Waals surface area contributed by atoms with Crippen molar-refractivity contribution in [3.8, 4) is 0 Å². The lowest BCUT2D eigenvalue weighted by molar-refractivity contribution is -0.345. The summed E-state index contributed by atoms with van der Waals surface area (Å²) in [5, 5.41) is 0.246. The standard InChI is InChI=1S/C20H17Cl2F7N4O3/c1-2-36-16(34)14-15(31-13-9-11(22)10(21)8-12(13)30-14)32-4-3-5-33(7-6-32)17(35)18(23,24)19(25,26)20(27,28)29/h8-9H,2-7H2,1H3. The number of alkyl halides is 7. The SMILES string of the molecule is CCOC(=O)c1nc2cc(Cl)c(Cl)cc2nc1N1CCCN(C(=O)C(F)(F)C(F)(F)C(F)(F)F)CC1. The summed E-state index contributed by atoms with van der Waals surface area (Å²) in [6.45, 7) is -0.0623. The van der Waals surface area contributed by atoms with Crippen molar-refractivity contribution in [2.24, 2.45) is 0 Å². The van der Waals surface area contributed by atoms with Crippen molar-refractivity contribution in [1.82, 2.24) is 14.9 Å². The first-order chi connectivity index (χ1) is 16.6. The van der Waals surface area contributed by atoms with E-state index in [1.807, 2.05) is 0 Å². The van der Waals surface area contributed by atoms with E-state index >= 15 is 0 Å². The van der Waals surface area contributed by atoms with Gasteiger partial charge in [0.2, 0.25) is 0 Å². The highest BCUT2D eigenvalue weighted by molar-refractivity contribution is 6.42. The van der Waals surface area contributed by atoms with Crippen molar-refractivity contribution in [1.29, 1.82) is 0 Å². The third kappa shape index (κ3) is 5.10. The number of nitrogens with zero attached hydrogens (tertiary/aromatic N) is 4. The highest BCUT2D eigenvalue weighted by Gasteiger charge is 2.76. The Bertz CT molecular complexity index is 1180. The Hall–Kier alpha value is -2.61. The molecule has 0 unspecified atom stereocenters. The first kappa shape index (κ1) is 28.0. The molecule has 2 heterocycles. The number of carbonyl (C=O) groups excluding carboxylic acids is 2. The highest BCUT2D eigenvalue weighted by Crippen LogP contribution is 2.47. The average molecular weight is 565 g/mol. The Kier molecular flexibility index (Phi) is 7.80. The fraction of sp³-hybridized carbons (Fsp3) is 0.500. The van der Waals surface area contributed by atoms with Crippen LogP contribution in [0.2, 0.25) is 10.0 Å². The molecule has 0 atom stereocenters. The number of carbonyl (C=O) groups is 2. The van der Waals surface area contributed by atoms with Crippen LogP contribution in [0.25, 0.3) is 11.0 Å². The molecule has 0 saturated carbocycles. The van der Waals surface area contributed by atoms with Crippen LogP contribution in [0.15, 0.2) is 12.1 Å². The summed E-state index contributed by atoms with van der Waals surface area (Å²) in [5.41, 5.74) is 0.0919. The van der Waals surface area contributed by atoms with Crippen LogP contribution in [0.3, 0.4) is 0 Å². The number of aromatic nitrogens is 2. The van der Waals surface area contributed by atoms with Gasteiger partial charge in [0.1, 0.15) is 0 Å². The zero-order valence-electron chi connectivity index (χ0n) is 18.3. The number of amides is 1. The van der Waals surface area contributed by atoms with Crippen LogP contribution in [0.5, 0.6) is 0 Å². The van der Waals surface area contributed by atoms with Gasteiger partial charge in [-0.15, -0.1) is 0 Å². The van der Waals surface area contributed by atoms with Crippen molar-refractivity contribution in [2.75, 3.05) is 37.7 Å². The number of ether oxygens (including phenoxy) is 1. The van der Waals surface area contributed by atoms with E-state index in [1.54, 1.807) is 0 Å². The van der Waals surface area contributed by atoms with Crippen molar-refractivity contribution in [3.05, 3.63) is 27.9 Å². The van der Waals surface area contributed by atoms with Gasteiger partial charge in [0, 0.05) is 26.2 Å². The lowest BCUT2D eigenvalue weighted by atomic mass is 10.1. The molecule has 1 aromatic heterocycles. The van der Waals surface area contributed by atoms with E-state index in [0.29, 0.717) is 0 Å². The molecule has 16 heteroatoms. The molecule has 1 aliphatic heterocycles. The molecule has 198 valence electrons. The number of esters is 1. The summed E-state index contributed by atoms with van der Waals surface area (Å²) in [6.07, 6.45) is -6.76. The summed E-state index contributed by atoms with van der Waals surface area (Å²) in [6, 6.07) is 2.71. The maximum Gasteiger partial charge on any atom is 0.460 e. The maximum atomic E-state index is 13.9. The minimum atomic E-state index is -6.64. The van der Waals surface area contributed by atoms with E-state index in [9.17, 15) is 40.3 Å². The van der Waals surface area contributed by atoms with Crippen LogP contribution < -0.4 is 4.90 Å². The quantitative estimate of drug-likeness (QED) is 0.376. The first-order valence-electron chi connectivity index (χ1n) is 10.3. The fourth-order valence-corrected chi connectivity index (χ4v) is 3.76. The molecule has 2 aromatic rings. The topological polar surface area (TPSA) is 75.6 Å². The Morgan fingerprint density at radius 1 is 0.944 bits per heavy atom. The lowest BCUT2D eigenvalue weighted by Crippen LogP contribution is -2.60. The molecular formula is C20H17Cl2F7N4O3. The van der Waals surface area contributed by atoms with E-state index in [4.69, 9.17) is 27.9 Å². The Labute approximate surface area is 209 Å². The Morgan fingerprint density at radius 3 is 2.08 bits per heavy atom. The minimum Gasteiger partial charge on any atom is -0.461 e. The van der Waals surface area contributed by atoms with Crippen LogP contribution in [-0.2, 0) is 9.53 Å². The second-order valence-corrected chi connectivity index (χ2v) is 8.47. The lowest BCUT2D eigenvalue weighted by Gasteiger charge is -2.31. The second-order valence-electron chi connectivity index (χ2n) is 7.65. The predicted molar refractivity (Wildman–Crippen MR) is 115 cm³/mol. The molecule has 1 aromatic carbocycles. The molecule has 1 aliphatic rings.